The minimum atomic E-state index is -0.0401. The number of hydrogen-bond donors (Lipinski definition) is 2. The van der Waals surface area contributed by atoms with Gasteiger partial charge in [0.15, 0.2) is 0 Å². The maximum Gasteiger partial charge on any atom is 0.216 e. The van der Waals surface area contributed by atoms with E-state index in [1.807, 2.05) is 30.3 Å². The van der Waals surface area contributed by atoms with E-state index in [1.165, 1.54) is 29.9 Å². The molecule has 0 fully saturated rings. The van der Waals surface area contributed by atoms with Gasteiger partial charge in [-0.3, -0.25) is 4.79 Å². The Kier molecular flexibility index (Phi) is 9.21. The topological polar surface area (TPSA) is 85.4 Å². The summed E-state index contributed by atoms with van der Waals surface area (Å²) in [7, 11) is 0. The summed E-state index contributed by atoms with van der Waals surface area (Å²) in [5, 5.41) is 6.13. The van der Waals surface area contributed by atoms with Gasteiger partial charge in [-0.25, -0.2) is 9.97 Å². The molecule has 190 valence electrons. The molecule has 0 saturated heterocycles. The molecule has 0 bridgehead atoms. The number of nitrogens with zero attached hydrogens (tertiary/aromatic N) is 2. The number of carbonyl (C=O) groups is 1. The van der Waals surface area contributed by atoms with Crippen LogP contribution in [0.25, 0.3) is 11.1 Å². The minimum Gasteiger partial charge on any atom is -0.489 e. The van der Waals surface area contributed by atoms with Crippen LogP contribution in [0.2, 0.25) is 0 Å². The van der Waals surface area contributed by atoms with Crippen molar-refractivity contribution in [1.82, 2.24) is 20.6 Å². The lowest BCUT2D eigenvalue weighted by Gasteiger charge is -2.16. The van der Waals surface area contributed by atoms with Gasteiger partial charge in [0, 0.05) is 44.4 Å². The van der Waals surface area contributed by atoms with Gasteiger partial charge in [0.2, 0.25) is 5.91 Å². The average molecular weight is 497 g/mol. The van der Waals surface area contributed by atoms with Gasteiger partial charge in [-0.2, -0.15) is 0 Å². The smallest absolute Gasteiger partial charge is 0.216 e. The molecule has 1 aromatic heterocycles. The molecule has 3 aromatic carbocycles. The summed E-state index contributed by atoms with van der Waals surface area (Å²) < 4.78 is 12.3. The molecule has 1 amide bonds. The summed E-state index contributed by atoms with van der Waals surface area (Å²) in [6.45, 7) is 6.23. The summed E-state index contributed by atoms with van der Waals surface area (Å²) >= 11 is 0. The SMILES string of the molecule is CC(=O)NCCNCc1ccc(OCc2cccc(-c3ccccc3)c2C)cc1OCc1ccncn1. The fourth-order valence-corrected chi connectivity index (χ4v) is 3.94. The van der Waals surface area contributed by atoms with Crippen LogP contribution < -0.4 is 20.1 Å². The standard InChI is InChI=1S/C30H32N4O3/c1-22-26(9-6-10-29(22)24-7-4-3-5-8-24)19-36-28-12-11-25(18-31-15-16-33-23(2)35)30(17-28)37-20-27-13-14-32-21-34-27/h3-14,17,21,31H,15-16,18-20H2,1-2H3,(H,33,35). The average Bonchev–Trinajstić information content (AvgIpc) is 2.92. The first-order chi connectivity index (χ1) is 18.1. The van der Waals surface area contributed by atoms with Gasteiger partial charge < -0.3 is 20.1 Å². The number of hydrogen-bond acceptors (Lipinski definition) is 6. The van der Waals surface area contributed by atoms with Crippen LogP contribution >= 0.6 is 0 Å². The molecular weight excluding hydrogens is 464 g/mol. The van der Waals surface area contributed by atoms with E-state index in [0.29, 0.717) is 32.8 Å². The van der Waals surface area contributed by atoms with Crippen molar-refractivity contribution >= 4 is 5.91 Å². The molecule has 4 aromatic rings. The van der Waals surface area contributed by atoms with E-state index in [9.17, 15) is 4.79 Å². The van der Waals surface area contributed by atoms with E-state index in [0.717, 1.165) is 28.3 Å². The van der Waals surface area contributed by atoms with Gasteiger partial charge >= 0.3 is 0 Å². The monoisotopic (exact) mass is 496 g/mol. The zero-order valence-electron chi connectivity index (χ0n) is 21.2. The van der Waals surface area contributed by atoms with Gasteiger partial charge in [-0.1, -0.05) is 54.6 Å². The Bertz CT molecular complexity index is 1300. The fourth-order valence-electron chi connectivity index (χ4n) is 3.94. The molecular formula is C30H32N4O3. The van der Waals surface area contributed by atoms with Crippen LogP contribution in [0.15, 0.2) is 85.3 Å². The molecule has 0 saturated carbocycles. The van der Waals surface area contributed by atoms with Crippen molar-refractivity contribution in [1.29, 1.82) is 0 Å². The highest BCUT2D eigenvalue weighted by Crippen LogP contribution is 2.29. The lowest BCUT2D eigenvalue weighted by Crippen LogP contribution is -2.30. The molecule has 7 heteroatoms. The number of benzene rings is 3. The quantitative estimate of drug-likeness (QED) is 0.273. The third-order valence-electron chi connectivity index (χ3n) is 5.97. The zero-order valence-corrected chi connectivity index (χ0v) is 21.2. The number of aromatic nitrogens is 2. The van der Waals surface area contributed by atoms with Crippen molar-refractivity contribution in [2.45, 2.75) is 33.6 Å². The van der Waals surface area contributed by atoms with E-state index >= 15 is 0 Å². The van der Waals surface area contributed by atoms with Gasteiger partial charge in [-0.15, -0.1) is 0 Å². The third kappa shape index (κ3) is 7.62. The summed E-state index contributed by atoms with van der Waals surface area (Å²) in [5.41, 5.74) is 6.52. The van der Waals surface area contributed by atoms with Gasteiger partial charge in [0.1, 0.15) is 31.0 Å². The molecule has 0 unspecified atom stereocenters. The summed E-state index contributed by atoms with van der Waals surface area (Å²) in [6.07, 6.45) is 3.20. The predicted molar refractivity (Wildman–Crippen MR) is 144 cm³/mol. The Morgan fingerprint density at radius 2 is 1.76 bits per heavy atom. The molecule has 0 radical (unpaired) electrons. The molecule has 0 aliphatic carbocycles. The highest BCUT2D eigenvalue weighted by atomic mass is 16.5. The van der Waals surface area contributed by atoms with Crippen LogP contribution in [0.5, 0.6) is 11.5 Å². The number of amides is 1. The largest absolute Gasteiger partial charge is 0.489 e. The molecule has 2 N–H and O–H groups in total. The van der Waals surface area contributed by atoms with Crippen molar-refractivity contribution in [3.05, 3.63) is 108 Å². The lowest BCUT2D eigenvalue weighted by molar-refractivity contribution is -0.118. The van der Waals surface area contributed by atoms with E-state index in [-0.39, 0.29) is 5.91 Å². The molecule has 0 atom stereocenters. The van der Waals surface area contributed by atoms with Crippen LogP contribution in [0.1, 0.15) is 29.3 Å². The molecule has 0 aliphatic rings. The Morgan fingerprint density at radius 3 is 2.54 bits per heavy atom. The Hall–Kier alpha value is -4.23. The van der Waals surface area contributed by atoms with E-state index in [1.54, 1.807) is 6.20 Å². The molecule has 0 spiro atoms. The fraction of sp³-hybridized carbons (Fsp3) is 0.233. The summed E-state index contributed by atoms with van der Waals surface area (Å²) in [6, 6.07) is 24.4. The van der Waals surface area contributed by atoms with Crippen LogP contribution in [0.4, 0.5) is 0 Å². The first kappa shape index (κ1) is 25.9. The first-order valence-electron chi connectivity index (χ1n) is 12.3. The predicted octanol–water partition coefficient (Wildman–Crippen LogP) is 4.84. The third-order valence-corrected chi connectivity index (χ3v) is 5.97. The number of nitrogens with one attached hydrogen (secondary N) is 2. The van der Waals surface area contributed by atoms with E-state index < -0.39 is 0 Å². The normalized spacial score (nSPS) is 10.6. The second-order valence-electron chi connectivity index (χ2n) is 8.66. The molecule has 4 rings (SSSR count). The number of ether oxygens (including phenoxy) is 2. The van der Waals surface area contributed by atoms with Crippen LogP contribution in [0.3, 0.4) is 0 Å². The highest BCUT2D eigenvalue weighted by molar-refractivity contribution is 5.72. The van der Waals surface area contributed by atoms with Gasteiger partial charge in [0.05, 0.1) is 5.69 Å². The Labute approximate surface area is 217 Å². The summed E-state index contributed by atoms with van der Waals surface area (Å²) in [5.74, 6) is 1.41. The second kappa shape index (κ2) is 13.2. The molecule has 7 nitrogen and oxygen atoms in total. The van der Waals surface area contributed by atoms with Crippen LogP contribution in [0, 0.1) is 6.92 Å². The Balaban J connectivity index is 1.46. The van der Waals surface area contributed by atoms with Crippen molar-refractivity contribution < 1.29 is 14.3 Å². The van der Waals surface area contributed by atoms with Gasteiger partial charge in [0.25, 0.3) is 0 Å². The molecule has 0 aliphatic heterocycles. The summed E-state index contributed by atoms with van der Waals surface area (Å²) in [4.78, 5) is 19.3. The van der Waals surface area contributed by atoms with Gasteiger partial charge in [-0.05, 0) is 41.3 Å². The van der Waals surface area contributed by atoms with E-state index in [4.69, 9.17) is 9.47 Å². The van der Waals surface area contributed by atoms with Crippen LogP contribution in [-0.2, 0) is 24.6 Å². The maximum atomic E-state index is 11.1. The van der Waals surface area contributed by atoms with Crippen molar-refractivity contribution in [3.63, 3.8) is 0 Å². The highest BCUT2D eigenvalue weighted by Gasteiger charge is 2.10. The lowest BCUT2D eigenvalue weighted by atomic mass is 9.97. The van der Waals surface area contributed by atoms with E-state index in [2.05, 4.69) is 70.0 Å². The second-order valence-corrected chi connectivity index (χ2v) is 8.66. The molecule has 37 heavy (non-hydrogen) atoms. The number of carbonyl (C=O) groups excluding carboxylic acids is 1. The first-order valence-corrected chi connectivity index (χ1v) is 12.3. The maximum absolute atomic E-state index is 11.1. The Morgan fingerprint density at radius 1 is 0.892 bits per heavy atom. The zero-order chi connectivity index (χ0) is 25.9. The number of rotatable bonds is 12. The van der Waals surface area contributed by atoms with Crippen LogP contribution in [-0.4, -0.2) is 29.0 Å². The van der Waals surface area contributed by atoms with Crippen molar-refractivity contribution in [2.24, 2.45) is 0 Å². The molecule has 1 heterocycles. The minimum absolute atomic E-state index is 0.0401. The van der Waals surface area contributed by atoms with Crippen molar-refractivity contribution in [3.8, 4) is 22.6 Å². The van der Waals surface area contributed by atoms with Crippen molar-refractivity contribution in [2.75, 3.05) is 13.1 Å².